The van der Waals surface area contributed by atoms with Crippen LogP contribution in [0, 0.1) is 6.92 Å². The van der Waals surface area contributed by atoms with Crippen molar-refractivity contribution in [3.8, 4) is 22.6 Å². The monoisotopic (exact) mass is 468 g/mol. The van der Waals surface area contributed by atoms with Crippen LogP contribution in [0.2, 0.25) is 0 Å². The Hall–Kier alpha value is -4.19. The van der Waals surface area contributed by atoms with Gasteiger partial charge in [0.05, 0.1) is 30.2 Å². The van der Waals surface area contributed by atoms with Crippen LogP contribution in [0.1, 0.15) is 19.4 Å². The van der Waals surface area contributed by atoms with E-state index in [1.54, 1.807) is 11.7 Å². The Morgan fingerprint density at radius 2 is 1.74 bits per heavy atom. The van der Waals surface area contributed by atoms with Crippen molar-refractivity contribution in [2.45, 2.75) is 27.3 Å². The molecule has 2 heterocycles. The molecule has 0 aliphatic heterocycles. The zero-order valence-electron chi connectivity index (χ0n) is 20.3. The minimum atomic E-state index is -0.0920. The van der Waals surface area contributed by atoms with Crippen molar-refractivity contribution < 1.29 is 13.9 Å². The van der Waals surface area contributed by atoms with E-state index in [0.717, 1.165) is 27.7 Å². The normalized spacial score (nSPS) is 11.2. The predicted octanol–water partition coefficient (Wildman–Crippen LogP) is 6.89. The molecular weight excluding hydrogens is 440 g/mol. The third-order valence-corrected chi connectivity index (χ3v) is 6.27. The molecule has 0 bridgehead atoms. The van der Waals surface area contributed by atoms with Gasteiger partial charge in [0.1, 0.15) is 0 Å². The van der Waals surface area contributed by atoms with Gasteiger partial charge >= 0.3 is 0 Å². The van der Waals surface area contributed by atoms with Crippen molar-refractivity contribution in [1.82, 2.24) is 4.57 Å². The number of para-hydroxylation sites is 2. The van der Waals surface area contributed by atoms with Crippen LogP contribution in [-0.4, -0.2) is 18.3 Å². The number of anilines is 2. The summed E-state index contributed by atoms with van der Waals surface area (Å²) in [6.07, 6.45) is 0. The van der Waals surface area contributed by atoms with E-state index in [4.69, 9.17) is 13.9 Å². The summed E-state index contributed by atoms with van der Waals surface area (Å²) in [4.78, 5) is 13.8. The molecule has 1 N–H and O–H groups in total. The molecule has 0 amide bonds. The van der Waals surface area contributed by atoms with Gasteiger partial charge in [0, 0.05) is 17.6 Å². The first-order valence-corrected chi connectivity index (χ1v) is 11.8. The van der Waals surface area contributed by atoms with Gasteiger partial charge in [-0.05, 0) is 62.2 Å². The molecular formula is C29H28N2O4. The lowest BCUT2D eigenvalue weighted by molar-refractivity contribution is 0.311. The highest BCUT2D eigenvalue weighted by atomic mass is 16.5. The summed E-state index contributed by atoms with van der Waals surface area (Å²) in [7, 11) is 1.61. The largest absolute Gasteiger partial charge is 0.493 e. The molecule has 6 heteroatoms. The number of nitrogens with one attached hydrogen (secondary N) is 1. The van der Waals surface area contributed by atoms with Crippen LogP contribution in [0.3, 0.4) is 0 Å². The molecule has 5 aromatic rings. The van der Waals surface area contributed by atoms with Crippen molar-refractivity contribution in [2.75, 3.05) is 19.0 Å². The summed E-state index contributed by atoms with van der Waals surface area (Å²) in [5.74, 6) is 1.75. The summed E-state index contributed by atoms with van der Waals surface area (Å²) in [5.41, 5.74) is 4.79. The molecule has 6 nitrogen and oxygen atoms in total. The topological polar surface area (TPSA) is 65.6 Å². The average molecular weight is 469 g/mol. The highest BCUT2D eigenvalue weighted by Crippen LogP contribution is 2.43. The van der Waals surface area contributed by atoms with E-state index < -0.39 is 0 Å². The number of ether oxygens (including phenoxy) is 2. The highest BCUT2D eigenvalue weighted by molar-refractivity contribution is 6.11. The first-order valence-electron chi connectivity index (χ1n) is 11.8. The third kappa shape index (κ3) is 3.81. The van der Waals surface area contributed by atoms with E-state index in [2.05, 4.69) is 5.32 Å². The first kappa shape index (κ1) is 22.6. The maximum Gasteiger partial charge on any atom is 0.262 e. The quantitative estimate of drug-likeness (QED) is 0.282. The van der Waals surface area contributed by atoms with E-state index in [-0.39, 0.29) is 5.56 Å². The lowest BCUT2D eigenvalue weighted by atomic mass is 10.0. The van der Waals surface area contributed by atoms with E-state index in [1.807, 2.05) is 87.5 Å². The summed E-state index contributed by atoms with van der Waals surface area (Å²) in [6.45, 7) is 7.01. The van der Waals surface area contributed by atoms with Crippen LogP contribution in [0.4, 0.5) is 11.6 Å². The minimum absolute atomic E-state index is 0.0920. The zero-order valence-corrected chi connectivity index (χ0v) is 20.3. The second-order valence-electron chi connectivity index (χ2n) is 8.32. The number of methoxy groups -OCH3 is 1. The zero-order chi connectivity index (χ0) is 24.5. The molecule has 178 valence electrons. The molecule has 0 aliphatic rings. The van der Waals surface area contributed by atoms with E-state index >= 15 is 0 Å². The van der Waals surface area contributed by atoms with Gasteiger partial charge < -0.3 is 23.8 Å². The number of hydrogen-bond acceptors (Lipinski definition) is 5. The molecule has 3 aromatic carbocycles. The fourth-order valence-corrected chi connectivity index (χ4v) is 4.58. The first-order chi connectivity index (χ1) is 17.1. The number of aryl methyl sites for hydroxylation is 2. The Labute approximate surface area is 203 Å². The SMILES string of the molecule is CCOc1ccc(-c2c(Nc3ccccc3C)oc3c2c(=O)n(CC)c2ccccc32)cc1OC. The molecule has 0 saturated heterocycles. The van der Waals surface area contributed by atoms with Crippen molar-refractivity contribution in [3.05, 3.63) is 82.6 Å². The van der Waals surface area contributed by atoms with Crippen LogP contribution in [0.15, 0.2) is 75.9 Å². The molecule has 0 fully saturated rings. The van der Waals surface area contributed by atoms with Crippen LogP contribution >= 0.6 is 0 Å². The van der Waals surface area contributed by atoms with Crippen LogP contribution < -0.4 is 20.3 Å². The number of furan rings is 1. The Morgan fingerprint density at radius 3 is 2.49 bits per heavy atom. The summed E-state index contributed by atoms with van der Waals surface area (Å²) in [6, 6.07) is 21.5. The molecule has 0 unspecified atom stereocenters. The van der Waals surface area contributed by atoms with Gasteiger partial charge in [-0.1, -0.05) is 36.4 Å². The maximum atomic E-state index is 13.8. The van der Waals surface area contributed by atoms with Gasteiger partial charge in [0.15, 0.2) is 17.1 Å². The molecule has 0 aliphatic carbocycles. The number of nitrogens with zero attached hydrogens (tertiary/aromatic N) is 1. The average Bonchev–Trinajstić information content (AvgIpc) is 3.26. The van der Waals surface area contributed by atoms with Crippen LogP contribution in [0.25, 0.3) is 33.0 Å². The molecule has 2 aromatic heterocycles. The van der Waals surface area contributed by atoms with Crippen LogP contribution in [-0.2, 0) is 6.54 Å². The van der Waals surface area contributed by atoms with Gasteiger partial charge in [-0.25, -0.2) is 0 Å². The molecule has 0 radical (unpaired) electrons. The predicted molar refractivity (Wildman–Crippen MR) is 141 cm³/mol. The molecule has 35 heavy (non-hydrogen) atoms. The Kier molecular flexibility index (Phi) is 5.95. The summed E-state index contributed by atoms with van der Waals surface area (Å²) >= 11 is 0. The van der Waals surface area contributed by atoms with E-state index in [1.165, 1.54) is 0 Å². The minimum Gasteiger partial charge on any atom is -0.493 e. The van der Waals surface area contributed by atoms with E-state index in [0.29, 0.717) is 47.1 Å². The Morgan fingerprint density at radius 1 is 0.971 bits per heavy atom. The van der Waals surface area contributed by atoms with Gasteiger partial charge in [0.2, 0.25) is 5.88 Å². The van der Waals surface area contributed by atoms with Crippen molar-refractivity contribution in [3.63, 3.8) is 0 Å². The fourth-order valence-electron chi connectivity index (χ4n) is 4.58. The molecule has 5 rings (SSSR count). The lowest BCUT2D eigenvalue weighted by Crippen LogP contribution is -2.19. The van der Waals surface area contributed by atoms with Crippen molar-refractivity contribution in [2.24, 2.45) is 0 Å². The smallest absolute Gasteiger partial charge is 0.262 e. The molecule has 0 saturated carbocycles. The van der Waals surface area contributed by atoms with Gasteiger partial charge in [-0.2, -0.15) is 0 Å². The van der Waals surface area contributed by atoms with Crippen LogP contribution in [0.5, 0.6) is 11.5 Å². The standard InChI is InChI=1S/C29H28N2O4/c1-5-31-22-14-10-8-12-20(22)27-26(29(31)32)25(19-15-16-23(34-6-2)24(17-19)33-4)28(35-27)30-21-13-9-7-11-18(21)3/h7-17,30H,5-6H2,1-4H3. The second kappa shape index (κ2) is 9.22. The summed E-state index contributed by atoms with van der Waals surface area (Å²) in [5, 5.41) is 4.87. The second-order valence-corrected chi connectivity index (χ2v) is 8.32. The van der Waals surface area contributed by atoms with Gasteiger partial charge in [0.25, 0.3) is 5.56 Å². The van der Waals surface area contributed by atoms with E-state index in [9.17, 15) is 4.79 Å². The molecule has 0 atom stereocenters. The van der Waals surface area contributed by atoms with Gasteiger partial charge in [-0.15, -0.1) is 0 Å². The van der Waals surface area contributed by atoms with Crippen molar-refractivity contribution in [1.29, 1.82) is 0 Å². The number of rotatable bonds is 7. The number of pyridine rings is 1. The highest BCUT2D eigenvalue weighted by Gasteiger charge is 2.24. The summed E-state index contributed by atoms with van der Waals surface area (Å²) < 4.78 is 19.6. The van der Waals surface area contributed by atoms with Gasteiger partial charge in [-0.3, -0.25) is 4.79 Å². The number of hydrogen-bond donors (Lipinski definition) is 1. The maximum absolute atomic E-state index is 13.8. The number of benzene rings is 3. The fraction of sp³-hybridized carbons (Fsp3) is 0.207. The lowest BCUT2D eigenvalue weighted by Gasteiger charge is -2.13. The number of fused-ring (bicyclic) bond motifs is 3. The third-order valence-electron chi connectivity index (χ3n) is 6.27. The van der Waals surface area contributed by atoms with Crippen molar-refractivity contribution >= 4 is 33.4 Å². The molecule has 0 spiro atoms. The number of aromatic nitrogens is 1. The Bertz CT molecular complexity index is 1600. The Balaban J connectivity index is 1.86.